The normalized spacial score (nSPS) is 18.1. The first-order valence-corrected chi connectivity index (χ1v) is 5.02. The molecule has 0 saturated carbocycles. The summed E-state index contributed by atoms with van der Waals surface area (Å²) >= 11 is 0. The van der Waals surface area contributed by atoms with E-state index in [0.29, 0.717) is 0 Å². The predicted octanol–water partition coefficient (Wildman–Crippen LogP) is 1.41. The zero-order valence-electron chi connectivity index (χ0n) is 8.03. The van der Waals surface area contributed by atoms with Crippen LogP contribution >= 0.6 is 0 Å². The molecule has 1 saturated heterocycles. The van der Waals surface area contributed by atoms with Crippen LogP contribution in [0.1, 0.15) is 17.5 Å². The lowest BCUT2D eigenvalue weighted by Gasteiger charge is -2.34. The number of hydrogen-bond acceptors (Lipinski definition) is 3. The van der Waals surface area contributed by atoms with Crippen LogP contribution < -0.4 is 10.6 Å². The molecule has 0 atom stereocenters. The molecule has 1 aromatic carbocycles. The van der Waals surface area contributed by atoms with Gasteiger partial charge < -0.3 is 10.6 Å². The fourth-order valence-corrected chi connectivity index (χ4v) is 2.00. The van der Waals surface area contributed by atoms with Crippen LogP contribution in [0.4, 0.5) is 11.4 Å². The molecule has 2 N–H and O–H groups in total. The Hall–Kier alpha value is -1.51. The smallest absolute Gasteiger partial charge is 0.0647 e. The SMILES string of the molecule is Nc1cc2c(cc1N1CCC1)CN=C2. The number of rotatable bonds is 1. The first-order chi connectivity index (χ1) is 6.84. The second-order valence-corrected chi connectivity index (χ2v) is 3.92. The van der Waals surface area contributed by atoms with Gasteiger partial charge in [-0.05, 0) is 29.7 Å². The molecule has 0 radical (unpaired) electrons. The molecular weight excluding hydrogens is 174 g/mol. The van der Waals surface area contributed by atoms with Crippen molar-refractivity contribution in [2.75, 3.05) is 23.7 Å². The quantitative estimate of drug-likeness (QED) is 0.675. The number of fused-ring (bicyclic) bond motifs is 1. The van der Waals surface area contributed by atoms with Crippen LogP contribution in [0.15, 0.2) is 17.1 Å². The summed E-state index contributed by atoms with van der Waals surface area (Å²) in [6.45, 7) is 3.10. The molecular formula is C11H13N3. The lowest BCUT2D eigenvalue weighted by molar-refractivity contribution is 0.618. The number of benzene rings is 1. The van der Waals surface area contributed by atoms with Crippen LogP contribution in [-0.4, -0.2) is 19.3 Å². The van der Waals surface area contributed by atoms with Gasteiger partial charge in [-0.2, -0.15) is 0 Å². The van der Waals surface area contributed by atoms with Gasteiger partial charge in [-0.25, -0.2) is 0 Å². The highest BCUT2D eigenvalue weighted by Gasteiger charge is 2.19. The van der Waals surface area contributed by atoms with E-state index in [0.717, 1.165) is 25.3 Å². The van der Waals surface area contributed by atoms with Crippen molar-refractivity contribution in [3.8, 4) is 0 Å². The molecule has 2 heterocycles. The molecule has 0 amide bonds. The minimum atomic E-state index is 0.816. The summed E-state index contributed by atoms with van der Waals surface area (Å²) in [6, 6.07) is 4.23. The van der Waals surface area contributed by atoms with Crippen molar-refractivity contribution in [3.05, 3.63) is 23.3 Å². The number of nitrogen functional groups attached to an aromatic ring is 1. The number of aliphatic imine (C=N–C) groups is 1. The van der Waals surface area contributed by atoms with Crippen molar-refractivity contribution >= 4 is 17.6 Å². The van der Waals surface area contributed by atoms with E-state index in [-0.39, 0.29) is 0 Å². The van der Waals surface area contributed by atoms with Crippen molar-refractivity contribution in [1.82, 2.24) is 0 Å². The molecule has 2 aliphatic rings. The second kappa shape index (κ2) is 2.74. The van der Waals surface area contributed by atoms with Gasteiger partial charge in [0.25, 0.3) is 0 Å². The highest BCUT2D eigenvalue weighted by Crippen LogP contribution is 2.31. The van der Waals surface area contributed by atoms with Crippen molar-refractivity contribution in [3.63, 3.8) is 0 Å². The Labute approximate surface area is 83.2 Å². The van der Waals surface area contributed by atoms with E-state index in [9.17, 15) is 0 Å². The summed E-state index contributed by atoms with van der Waals surface area (Å²) in [5.41, 5.74) is 10.6. The number of anilines is 2. The Morgan fingerprint density at radius 1 is 1.29 bits per heavy atom. The molecule has 1 aromatic rings. The van der Waals surface area contributed by atoms with E-state index in [2.05, 4.69) is 16.0 Å². The van der Waals surface area contributed by atoms with Crippen LogP contribution in [-0.2, 0) is 6.54 Å². The maximum atomic E-state index is 6.00. The molecule has 1 fully saturated rings. The fourth-order valence-electron chi connectivity index (χ4n) is 2.00. The summed E-state index contributed by atoms with van der Waals surface area (Å²) in [5, 5.41) is 0. The topological polar surface area (TPSA) is 41.6 Å². The first kappa shape index (κ1) is 7.85. The Balaban J connectivity index is 2.05. The largest absolute Gasteiger partial charge is 0.397 e. The zero-order valence-corrected chi connectivity index (χ0v) is 8.03. The molecule has 0 spiro atoms. The minimum absolute atomic E-state index is 0.816. The molecule has 14 heavy (non-hydrogen) atoms. The van der Waals surface area contributed by atoms with E-state index in [1.165, 1.54) is 23.2 Å². The highest BCUT2D eigenvalue weighted by atomic mass is 15.2. The third kappa shape index (κ3) is 1.02. The molecule has 3 heteroatoms. The van der Waals surface area contributed by atoms with E-state index in [1.54, 1.807) is 0 Å². The molecule has 72 valence electrons. The molecule has 3 rings (SSSR count). The fraction of sp³-hybridized carbons (Fsp3) is 0.364. The lowest BCUT2D eigenvalue weighted by atomic mass is 10.1. The summed E-state index contributed by atoms with van der Waals surface area (Å²) in [4.78, 5) is 6.56. The maximum Gasteiger partial charge on any atom is 0.0647 e. The van der Waals surface area contributed by atoms with Crippen molar-refractivity contribution in [2.24, 2.45) is 4.99 Å². The molecule has 2 aliphatic heterocycles. The molecule has 0 bridgehead atoms. The second-order valence-electron chi connectivity index (χ2n) is 3.92. The average Bonchev–Trinajstić information content (AvgIpc) is 2.48. The molecule has 3 nitrogen and oxygen atoms in total. The number of nitrogens with zero attached hydrogens (tertiary/aromatic N) is 2. The van der Waals surface area contributed by atoms with Crippen LogP contribution in [0, 0.1) is 0 Å². The summed E-state index contributed by atoms with van der Waals surface area (Å²) < 4.78 is 0. The van der Waals surface area contributed by atoms with Gasteiger partial charge in [-0.3, -0.25) is 4.99 Å². The van der Waals surface area contributed by atoms with Gasteiger partial charge in [0.2, 0.25) is 0 Å². The predicted molar refractivity (Wildman–Crippen MR) is 59.0 cm³/mol. The summed E-state index contributed by atoms with van der Waals surface area (Å²) in [7, 11) is 0. The van der Waals surface area contributed by atoms with Crippen molar-refractivity contribution < 1.29 is 0 Å². The van der Waals surface area contributed by atoms with E-state index >= 15 is 0 Å². The Morgan fingerprint density at radius 3 is 2.86 bits per heavy atom. The number of hydrogen-bond donors (Lipinski definition) is 1. The maximum absolute atomic E-state index is 6.00. The Kier molecular flexibility index (Phi) is 1.54. The Morgan fingerprint density at radius 2 is 2.14 bits per heavy atom. The van der Waals surface area contributed by atoms with Gasteiger partial charge >= 0.3 is 0 Å². The van der Waals surface area contributed by atoms with Crippen LogP contribution in [0.3, 0.4) is 0 Å². The van der Waals surface area contributed by atoms with Gasteiger partial charge in [-0.15, -0.1) is 0 Å². The number of nitrogens with two attached hydrogens (primary N) is 1. The van der Waals surface area contributed by atoms with Crippen molar-refractivity contribution in [1.29, 1.82) is 0 Å². The first-order valence-electron chi connectivity index (χ1n) is 5.02. The third-order valence-corrected chi connectivity index (χ3v) is 2.98. The average molecular weight is 187 g/mol. The van der Waals surface area contributed by atoms with Gasteiger partial charge in [-0.1, -0.05) is 0 Å². The standard InChI is InChI=1S/C11H13N3/c12-10-4-8-6-13-7-9(8)5-11(10)14-2-1-3-14/h4-6H,1-3,7,12H2. The Bertz CT molecular complexity index is 405. The van der Waals surface area contributed by atoms with Gasteiger partial charge in [0.15, 0.2) is 0 Å². The third-order valence-electron chi connectivity index (χ3n) is 2.98. The molecule has 0 unspecified atom stereocenters. The minimum Gasteiger partial charge on any atom is -0.397 e. The van der Waals surface area contributed by atoms with Gasteiger partial charge in [0, 0.05) is 19.3 Å². The van der Waals surface area contributed by atoms with E-state index < -0.39 is 0 Å². The molecule has 0 aliphatic carbocycles. The highest BCUT2D eigenvalue weighted by molar-refractivity contribution is 5.89. The van der Waals surface area contributed by atoms with Crippen LogP contribution in [0.5, 0.6) is 0 Å². The van der Waals surface area contributed by atoms with Crippen LogP contribution in [0.25, 0.3) is 0 Å². The molecule has 0 aromatic heterocycles. The van der Waals surface area contributed by atoms with Crippen molar-refractivity contribution in [2.45, 2.75) is 13.0 Å². The van der Waals surface area contributed by atoms with Crippen LogP contribution in [0.2, 0.25) is 0 Å². The van der Waals surface area contributed by atoms with E-state index in [4.69, 9.17) is 5.73 Å². The van der Waals surface area contributed by atoms with E-state index in [1.807, 2.05) is 12.3 Å². The lowest BCUT2D eigenvalue weighted by Crippen LogP contribution is -2.37. The summed E-state index contributed by atoms with van der Waals surface area (Å²) in [5.74, 6) is 0. The zero-order chi connectivity index (χ0) is 9.54. The van der Waals surface area contributed by atoms with Gasteiger partial charge in [0.1, 0.15) is 0 Å². The monoisotopic (exact) mass is 187 g/mol. The summed E-state index contributed by atoms with van der Waals surface area (Å²) in [6.07, 6.45) is 3.19. The van der Waals surface area contributed by atoms with Gasteiger partial charge in [0.05, 0.1) is 17.9 Å².